The van der Waals surface area contributed by atoms with Crippen molar-refractivity contribution in [1.82, 2.24) is 5.06 Å². The van der Waals surface area contributed by atoms with E-state index in [1.54, 1.807) is 0 Å². The average Bonchev–Trinajstić information content (AvgIpc) is 3.36. The van der Waals surface area contributed by atoms with Gasteiger partial charge in [0, 0.05) is 25.1 Å². The van der Waals surface area contributed by atoms with Crippen molar-refractivity contribution in [2.24, 2.45) is 0 Å². The molecule has 0 radical (unpaired) electrons. The third-order valence-corrected chi connectivity index (χ3v) is 8.46. The molecule has 5 heteroatoms. The van der Waals surface area contributed by atoms with Crippen LogP contribution in [0, 0.1) is 5.21 Å². The molecule has 0 unspecified atom stereocenters. The van der Waals surface area contributed by atoms with Gasteiger partial charge in [0.1, 0.15) is 0 Å². The van der Waals surface area contributed by atoms with Gasteiger partial charge in [-0.2, -0.15) is 0 Å². The van der Waals surface area contributed by atoms with E-state index >= 15 is 0 Å². The van der Waals surface area contributed by atoms with Crippen molar-refractivity contribution in [3.63, 3.8) is 0 Å². The highest BCUT2D eigenvalue weighted by atomic mass is 16.5. The molecular formula is C35H45N2O3-. The first-order valence-corrected chi connectivity index (χ1v) is 15.5. The van der Waals surface area contributed by atoms with Crippen LogP contribution in [0.25, 0.3) is 0 Å². The molecule has 2 aliphatic rings. The minimum atomic E-state index is -0.0950. The SMILES string of the molecule is CCCCCCCCc1ccc([C@H]2CCN([O-])[C@@H]2COCCCCN2c3ccccc3Oc3ccccc32)cc1. The Labute approximate surface area is 240 Å². The molecule has 0 aliphatic carbocycles. The summed E-state index contributed by atoms with van der Waals surface area (Å²) in [6.45, 7) is 4.92. The van der Waals surface area contributed by atoms with Gasteiger partial charge >= 0.3 is 0 Å². The Hall–Kier alpha value is -2.86. The maximum Gasteiger partial charge on any atom is 0.151 e. The van der Waals surface area contributed by atoms with E-state index in [1.807, 2.05) is 24.3 Å². The highest BCUT2D eigenvalue weighted by Crippen LogP contribution is 2.46. The number of benzene rings is 3. The van der Waals surface area contributed by atoms with Crippen molar-refractivity contribution >= 4 is 11.4 Å². The molecule has 1 fully saturated rings. The fourth-order valence-corrected chi connectivity index (χ4v) is 6.15. The lowest BCUT2D eigenvalue weighted by atomic mass is 9.91. The molecule has 5 nitrogen and oxygen atoms in total. The Bertz CT molecular complexity index is 1140. The zero-order chi connectivity index (χ0) is 27.6. The van der Waals surface area contributed by atoms with Crippen molar-refractivity contribution in [1.29, 1.82) is 0 Å². The third-order valence-electron chi connectivity index (χ3n) is 8.46. The number of hydroxylamine groups is 2. The summed E-state index contributed by atoms with van der Waals surface area (Å²) in [5.74, 6) is 2.05. The van der Waals surface area contributed by atoms with E-state index in [0.29, 0.717) is 19.8 Å². The number of ether oxygens (including phenoxy) is 2. The lowest BCUT2D eigenvalue weighted by Crippen LogP contribution is -2.32. The quantitative estimate of drug-likeness (QED) is 0.180. The molecule has 0 aromatic heterocycles. The first-order valence-electron chi connectivity index (χ1n) is 15.5. The summed E-state index contributed by atoms with van der Waals surface area (Å²) in [6.07, 6.45) is 12.0. The number of para-hydroxylation sites is 4. The van der Waals surface area contributed by atoms with Crippen LogP contribution in [0.15, 0.2) is 72.8 Å². The molecule has 2 aliphatic heterocycles. The predicted octanol–water partition coefficient (Wildman–Crippen LogP) is 8.99. The molecule has 1 saturated heterocycles. The van der Waals surface area contributed by atoms with Crippen LogP contribution in [-0.2, 0) is 11.2 Å². The number of fused-ring (bicyclic) bond motifs is 2. The van der Waals surface area contributed by atoms with Crippen LogP contribution in [0.5, 0.6) is 11.5 Å². The predicted molar refractivity (Wildman–Crippen MR) is 165 cm³/mol. The number of hydrogen-bond acceptors (Lipinski definition) is 5. The van der Waals surface area contributed by atoms with Crippen LogP contribution >= 0.6 is 0 Å². The number of unbranched alkanes of at least 4 members (excludes halogenated alkanes) is 6. The molecule has 3 aromatic carbocycles. The van der Waals surface area contributed by atoms with E-state index in [4.69, 9.17) is 9.47 Å². The monoisotopic (exact) mass is 541 g/mol. The Morgan fingerprint density at radius 3 is 2.20 bits per heavy atom. The first kappa shape index (κ1) is 28.7. The van der Waals surface area contributed by atoms with Gasteiger partial charge in [0.15, 0.2) is 11.5 Å². The molecule has 5 rings (SSSR count). The lowest BCUT2D eigenvalue weighted by molar-refractivity contribution is 0.0844. The van der Waals surface area contributed by atoms with Crippen molar-refractivity contribution in [3.8, 4) is 11.5 Å². The second-order valence-electron chi connectivity index (χ2n) is 11.3. The fourth-order valence-electron chi connectivity index (χ4n) is 6.15. The number of aryl methyl sites for hydroxylation is 1. The van der Waals surface area contributed by atoms with Gasteiger partial charge in [0.25, 0.3) is 0 Å². The Balaban J connectivity index is 1.06. The van der Waals surface area contributed by atoms with Crippen molar-refractivity contribution in [2.75, 3.05) is 31.2 Å². The smallest absolute Gasteiger partial charge is 0.151 e. The van der Waals surface area contributed by atoms with Crippen LogP contribution in [0.2, 0.25) is 0 Å². The van der Waals surface area contributed by atoms with E-state index in [2.05, 4.69) is 60.4 Å². The largest absolute Gasteiger partial charge is 0.785 e. The Morgan fingerprint density at radius 2 is 1.48 bits per heavy atom. The second-order valence-corrected chi connectivity index (χ2v) is 11.3. The summed E-state index contributed by atoms with van der Waals surface area (Å²) in [5.41, 5.74) is 4.91. The third kappa shape index (κ3) is 7.25. The number of nitrogens with zero attached hydrogens (tertiary/aromatic N) is 2. The number of rotatable bonds is 15. The van der Waals surface area contributed by atoms with E-state index < -0.39 is 0 Å². The van der Waals surface area contributed by atoms with Gasteiger partial charge in [0.05, 0.1) is 18.0 Å². The van der Waals surface area contributed by atoms with Crippen LogP contribution < -0.4 is 9.64 Å². The minimum Gasteiger partial charge on any atom is -0.785 e. The molecule has 40 heavy (non-hydrogen) atoms. The summed E-state index contributed by atoms with van der Waals surface area (Å²) in [4.78, 5) is 2.34. The van der Waals surface area contributed by atoms with Gasteiger partial charge in [-0.15, -0.1) is 0 Å². The standard InChI is InChI=1S/C35H45N2O3/c1-2-3-4-5-6-7-14-28-19-21-29(22-20-28)30-23-25-37(38)33(30)27-39-26-13-12-24-36-31-15-8-10-17-34(31)40-35-18-11-9-16-32(35)36/h8-11,15-22,30,33H,2-7,12-14,23-27H2,1H3/q-1/t30-,33-/m1/s1. The molecule has 3 aromatic rings. The number of hydrogen-bond donors (Lipinski definition) is 0. The molecule has 0 bridgehead atoms. The number of anilines is 2. The Kier molecular flexibility index (Phi) is 10.5. The van der Waals surface area contributed by atoms with Crippen LogP contribution in [0.3, 0.4) is 0 Å². The van der Waals surface area contributed by atoms with Gasteiger partial charge in [-0.05, 0) is 74.0 Å². The highest BCUT2D eigenvalue weighted by Gasteiger charge is 2.30. The molecular weight excluding hydrogens is 496 g/mol. The summed E-state index contributed by atoms with van der Waals surface area (Å²) >= 11 is 0. The molecule has 2 heterocycles. The molecule has 0 N–H and O–H groups in total. The van der Waals surface area contributed by atoms with Crippen molar-refractivity contribution < 1.29 is 9.47 Å². The maximum absolute atomic E-state index is 12.7. The normalized spacial score (nSPS) is 18.4. The zero-order valence-electron chi connectivity index (χ0n) is 24.1. The van der Waals surface area contributed by atoms with Gasteiger partial charge in [-0.3, -0.25) is 0 Å². The fraction of sp³-hybridized carbons (Fsp3) is 0.486. The lowest BCUT2D eigenvalue weighted by Gasteiger charge is -2.33. The summed E-state index contributed by atoms with van der Waals surface area (Å²) in [7, 11) is 0. The van der Waals surface area contributed by atoms with E-state index in [0.717, 1.165) is 55.1 Å². The second kappa shape index (κ2) is 14.7. The molecule has 0 amide bonds. The van der Waals surface area contributed by atoms with Gasteiger partial charge < -0.3 is 24.6 Å². The van der Waals surface area contributed by atoms with E-state index in [9.17, 15) is 5.21 Å². The summed E-state index contributed by atoms with van der Waals surface area (Å²) < 4.78 is 12.2. The average molecular weight is 542 g/mol. The van der Waals surface area contributed by atoms with Gasteiger partial charge in [0.2, 0.25) is 0 Å². The van der Waals surface area contributed by atoms with Crippen LogP contribution in [-0.4, -0.2) is 37.4 Å². The Morgan fingerprint density at radius 1 is 0.800 bits per heavy atom. The highest BCUT2D eigenvalue weighted by molar-refractivity contribution is 5.77. The zero-order valence-corrected chi connectivity index (χ0v) is 24.1. The minimum absolute atomic E-state index is 0.0950. The van der Waals surface area contributed by atoms with Gasteiger partial charge in [-0.1, -0.05) is 87.6 Å². The molecule has 0 spiro atoms. The maximum atomic E-state index is 12.7. The van der Waals surface area contributed by atoms with Crippen LogP contribution in [0.1, 0.15) is 81.8 Å². The summed E-state index contributed by atoms with van der Waals surface area (Å²) in [6, 6.07) is 25.4. The first-order chi connectivity index (χ1) is 19.7. The van der Waals surface area contributed by atoms with Crippen molar-refractivity contribution in [3.05, 3.63) is 89.1 Å². The summed E-state index contributed by atoms with van der Waals surface area (Å²) in [5, 5.41) is 13.9. The molecule has 2 atom stereocenters. The molecule has 214 valence electrons. The van der Waals surface area contributed by atoms with Gasteiger partial charge in [-0.25, -0.2) is 0 Å². The van der Waals surface area contributed by atoms with Crippen LogP contribution in [0.4, 0.5) is 11.4 Å². The topological polar surface area (TPSA) is 48.0 Å². The van der Waals surface area contributed by atoms with E-state index in [-0.39, 0.29) is 12.0 Å². The molecule has 0 saturated carbocycles. The van der Waals surface area contributed by atoms with E-state index in [1.165, 1.54) is 54.7 Å². The van der Waals surface area contributed by atoms with Crippen molar-refractivity contribution in [2.45, 2.75) is 83.1 Å².